The van der Waals surface area contributed by atoms with Crippen LogP contribution in [0.3, 0.4) is 0 Å². The summed E-state index contributed by atoms with van der Waals surface area (Å²) in [4.78, 5) is 31.4. The number of carbonyl (C=O) groups is 2. The van der Waals surface area contributed by atoms with Crippen LogP contribution in [-0.4, -0.2) is 77.9 Å². The Morgan fingerprint density at radius 2 is 1.70 bits per heavy atom. The molecule has 0 spiro atoms. The molecule has 2 aliphatic rings. The molecule has 2 unspecified atom stereocenters. The van der Waals surface area contributed by atoms with Gasteiger partial charge in [-0.15, -0.1) is 24.8 Å². The predicted octanol–water partition coefficient (Wildman–Crippen LogP) is 2.14. The number of likely N-dealkylation sites (N-methyl/N-ethyl adjacent to an activating group) is 1. The molecule has 1 saturated heterocycles. The molecule has 0 aromatic heterocycles. The second-order valence-electron chi connectivity index (χ2n) is 7.83. The van der Waals surface area contributed by atoms with Crippen LogP contribution >= 0.6 is 24.8 Å². The van der Waals surface area contributed by atoms with E-state index >= 15 is 0 Å². The molecule has 2 atom stereocenters. The first-order valence-corrected chi connectivity index (χ1v) is 9.96. The highest BCUT2D eigenvalue weighted by molar-refractivity contribution is 5.85. The average molecular weight is 425 g/mol. The third kappa shape index (κ3) is 7.08. The fourth-order valence-electron chi connectivity index (χ4n) is 4.20. The molecule has 1 aliphatic carbocycles. The lowest BCUT2D eigenvalue weighted by Gasteiger charge is -2.39. The average Bonchev–Trinajstić information content (AvgIpc) is 2.80. The van der Waals surface area contributed by atoms with Gasteiger partial charge in [-0.3, -0.25) is 14.5 Å². The maximum Gasteiger partial charge on any atom is 0.236 e. The molecule has 160 valence electrons. The van der Waals surface area contributed by atoms with E-state index in [1.54, 1.807) is 0 Å². The van der Waals surface area contributed by atoms with Crippen molar-refractivity contribution >= 4 is 36.6 Å². The van der Waals surface area contributed by atoms with E-state index < -0.39 is 0 Å². The first-order chi connectivity index (χ1) is 11.9. The van der Waals surface area contributed by atoms with Gasteiger partial charge in [-0.05, 0) is 40.0 Å². The Morgan fingerprint density at radius 1 is 1.04 bits per heavy atom. The zero-order chi connectivity index (χ0) is 18.4. The van der Waals surface area contributed by atoms with Crippen molar-refractivity contribution in [2.24, 2.45) is 11.7 Å². The van der Waals surface area contributed by atoms with Crippen LogP contribution in [0.4, 0.5) is 0 Å². The van der Waals surface area contributed by atoms with Crippen molar-refractivity contribution < 1.29 is 9.59 Å². The predicted molar refractivity (Wildman–Crippen MR) is 115 cm³/mol. The fourth-order valence-corrected chi connectivity index (χ4v) is 4.20. The summed E-state index contributed by atoms with van der Waals surface area (Å²) in [7, 11) is 0. The van der Waals surface area contributed by atoms with E-state index in [2.05, 4.69) is 4.90 Å². The number of hydrogen-bond donors (Lipinski definition) is 1. The zero-order valence-electron chi connectivity index (χ0n) is 17.1. The Labute approximate surface area is 177 Å². The highest BCUT2D eigenvalue weighted by Crippen LogP contribution is 2.33. The highest BCUT2D eigenvalue weighted by atomic mass is 35.5. The van der Waals surface area contributed by atoms with Crippen LogP contribution in [0, 0.1) is 5.92 Å². The maximum absolute atomic E-state index is 13.0. The van der Waals surface area contributed by atoms with E-state index in [-0.39, 0.29) is 48.1 Å². The molecular formula is C19H38Cl2N4O2. The van der Waals surface area contributed by atoms with Crippen molar-refractivity contribution in [3.05, 3.63) is 0 Å². The number of rotatable bonds is 5. The van der Waals surface area contributed by atoms with Crippen LogP contribution in [0.5, 0.6) is 0 Å². The van der Waals surface area contributed by atoms with Crippen molar-refractivity contribution in [3.63, 3.8) is 0 Å². The lowest BCUT2D eigenvalue weighted by atomic mass is 9.74. The summed E-state index contributed by atoms with van der Waals surface area (Å²) in [5, 5.41) is 0. The molecule has 1 heterocycles. The van der Waals surface area contributed by atoms with Gasteiger partial charge in [-0.2, -0.15) is 0 Å². The Kier molecular flexibility index (Phi) is 11.8. The molecule has 0 bridgehead atoms. The van der Waals surface area contributed by atoms with Gasteiger partial charge in [-0.25, -0.2) is 0 Å². The number of nitrogens with zero attached hydrogens (tertiary/aromatic N) is 3. The summed E-state index contributed by atoms with van der Waals surface area (Å²) < 4.78 is 0. The Balaban J connectivity index is 0.00000338. The molecule has 2 rings (SSSR count). The Hall–Kier alpha value is -0.560. The summed E-state index contributed by atoms with van der Waals surface area (Å²) in [5.41, 5.74) is 6.04. The third-order valence-electron chi connectivity index (χ3n) is 5.93. The van der Waals surface area contributed by atoms with E-state index in [1.165, 1.54) is 0 Å². The van der Waals surface area contributed by atoms with E-state index in [4.69, 9.17) is 5.73 Å². The standard InChI is InChI=1S/C19H36N4O2.2ClH/c1-4-22(5-2)17(24)15-21-11-8-12-23(14-13-21)18(25)16-9-6-7-10-19(16,3)20;;/h16H,4-15,20H2,1-3H3;2*1H. The number of halogens is 2. The van der Waals surface area contributed by atoms with Gasteiger partial charge in [0.25, 0.3) is 0 Å². The lowest BCUT2D eigenvalue weighted by Crippen LogP contribution is -2.54. The van der Waals surface area contributed by atoms with Crippen LogP contribution in [-0.2, 0) is 9.59 Å². The molecule has 1 saturated carbocycles. The molecule has 2 fully saturated rings. The molecule has 0 aromatic carbocycles. The summed E-state index contributed by atoms with van der Waals surface area (Å²) in [6.07, 6.45) is 4.99. The van der Waals surface area contributed by atoms with Crippen LogP contribution in [0.1, 0.15) is 52.9 Å². The lowest BCUT2D eigenvalue weighted by molar-refractivity contribution is -0.138. The maximum atomic E-state index is 13.0. The minimum absolute atomic E-state index is 0. The molecule has 2 N–H and O–H groups in total. The first-order valence-electron chi connectivity index (χ1n) is 9.96. The minimum Gasteiger partial charge on any atom is -0.342 e. The van der Waals surface area contributed by atoms with Crippen molar-refractivity contribution in [1.82, 2.24) is 14.7 Å². The zero-order valence-corrected chi connectivity index (χ0v) is 18.7. The number of carbonyl (C=O) groups excluding carboxylic acids is 2. The van der Waals surface area contributed by atoms with Crippen LogP contribution in [0.15, 0.2) is 0 Å². The Morgan fingerprint density at radius 3 is 2.30 bits per heavy atom. The summed E-state index contributed by atoms with van der Waals surface area (Å²) >= 11 is 0. The van der Waals surface area contributed by atoms with Gasteiger partial charge < -0.3 is 15.5 Å². The molecule has 0 aromatic rings. The van der Waals surface area contributed by atoms with Gasteiger partial charge in [0.1, 0.15) is 0 Å². The molecule has 2 amide bonds. The monoisotopic (exact) mass is 424 g/mol. The number of hydrogen-bond acceptors (Lipinski definition) is 4. The Bertz CT molecular complexity index is 473. The van der Waals surface area contributed by atoms with Gasteiger partial charge in [-0.1, -0.05) is 12.8 Å². The largest absolute Gasteiger partial charge is 0.342 e. The molecule has 6 nitrogen and oxygen atoms in total. The fraction of sp³-hybridized carbons (Fsp3) is 0.895. The van der Waals surface area contributed by atoms with Crippen molar-refractivity contribution in [3.8, 4) is 0 Å². The second kappa shape index (κ2) is 12.1. The first kappa shape index (κ1) is 26.4. The normalized spacial score (nSPS) is 26.4. The highest BCUT2D eigenvalue weighted by Gasteiger charge is 2.40. The summed E-state index contributed by atoms with van der Waals surface area (Å²) in [6, 6.07) is 0. The van der Waals surface area contributed by atoms with Crippen LogP contribution < -0.4 is 5.73 Å². The minimum atomic E-state index is -0.375. The summed E-state index contributed by atoms with van der Waals surface area (Å²) in [6.45, 7) is 11.2. The van der Waals surface area contributed by atoms with Crippen molar-refractivity contribution in [2.75, 3.05) is 45.8 Å². The van der Waals surface area contributed by atoms with Gasteiger partial charge in [0.2, 0.25) is 11.8 Å². The van der Waals surface area contributed by atoms with Crippen LogP contribution in [0.25, 0.3) is 0 Å². The molecule has 1 aliphatic heterocycles. The quantitative estimate of drug-likeness (QED) is 0.733. The topological polar surface area (TPSA) is 69.9 Å². The third-order valence-corrected chi connectivity index (χ3v) is 5.93. The SMILES string of the molecule is CCN(CC)C(=O)CN1CCCN(C(=O)C2CCCCC2(C)N)CC1.Cl.Cl. The summed E-state index contributed by atoms with van der Waals surface area (Å²) in [5.74, 6) is 0.360. The number of nitrogens with two attached hydrogens (primary N) is 1. The van der Waals surface area contributed by atoms with E-state index in [9.17, 15) is 9.59 Å². The van der Waals surface area contributed by atoms with Gasteiger partial charge in [0.05, 0.1) is 12.5 Å². The number of amides is 2. The van der Waals surface area contributed by atoms with E-state index in [0.29, 0.717) is 13.1 Å². The van der Waals surface area contributed by atoms with Gasteiger partial charge in [0.15, 0.2) is 0 Å². The van der Waals surface area contributed by atoms with E-state index in [0.717, 1.165) is 64.8 Å². The second-order valence-corrected chi connectivity index (χ2v) is 7.83. The molecule has 27 heavy (non-hydrogen) atoms. The molecule has 8 heteroatoms. The van der Waals surface area contributed by atoms with E-state index in [1.807, 2.05) is 30.6 Å². The molecular weight excluding hydrogens is 387 g/mol. The van der Waals surface area contributed by atoms with Crippen molar-refractivity contribution in [2.45, 2.75) is 58.4 Å². The van der Waals surface area contributed by atoms with Crippen molar-refractivity contribution in [1.29, 1.82) is 0 Å². The smallest absolute Gasteiger partial charge is 0.236 e. The van der Waals surface area contributed by atoms with Crippen LogP contribution in [0.2, 0.25) is 0 Å². The van der Waals surface area contributed by atoms with Gasteiger partial charge in [0, 0.05) is 44.8 Å². The van der Waals surface area contributed by atoms with Gasteiger partial charge >= 0.3 is 0 Å². The molecule has 0 radical (unpaired) electrons.